The number of hydrogen-bond acceptors (Lipinski definition) is 2. The molecule has 0 saturated carbocycles. The average Bonchev–Trinajstić information content (AvgIpc) is 2.98. The van der Waals surface area contributed by atoms with Crippen molar-refractivity contribution in [2.45, 2.75) is 26.7 Å². The fraction of sp³-hybridized carbons (Fsp3) is 0.135. The van der Waals surface area contributed by atoms with E-state index in [0.29, 0.717) is 12.2 Å². The van der Waals surface area contributed by atoms with Crippen LogP contribution in [0.25, 0.3) is 21.5 Å². The Morgan fingerprint density at radius 3 is 1.49 bits per heavy atom. The number of benzene rings is 6. The lowest BCUT2D eigenvalue weighted by Gasteiger charge is -2.14. The number of aryl methyl sites for hydroxylation is 2. The lowest BCUT2D eigenvalue weighted by atomic mass is 9.99. The van der Waals surface area contributed by atoms with Gasteiger partial charge in [0, 0.05) is 32.9 Å². The molecule has 1 N–H and O–H groups in total. The van der Waals surface area contributed by atoms with Gasteiger partial charge in [0.05, 0.1) is 16.1 Å². The first-order valence-corrected chi connectivity index (χ1v) is 17.0. The number of phenolic OH excluding ortho intramolecular Hbond substituents is 1. The summed E-state index contributed by atoms with van der Waals surface area (Å²) in [5, 5.41) is 14.9. The smallest absolute Gasteiger partial charge is 0.137 e. The minimum absolute atomic E-state index is 0.324. The molecule has 0 aliphatic heterocycles. The molecule has 6 aromatic rings. The third-order valence-corrected chi connectivity index (χ3v) is 9.97. The van der Waals surface area contributed by atoms with Gasteiger partial charge >= 0.3 is 0 Å². The van der Waals surface area contributed by atoms with Gasteiger partial charge in [-0.3, -0.25) is 0 Å². The van der Waals surface area contributed by atoms with E-state index in [0.717, 1.165) is 51.8 Å². The minimum atomic E-state index is 0.324. The topological polar surface area (TPSA) is 29.5 Å². The number of ether oxygens (including phenoxy) is 1. The zero-order chi connectivity index (χ0) is 30.7. The molecule has 218 valence electrons. The van der Waals surface area contributed by atoms with Crippen molar-refractivity contribution in [2.24, 2.45) is 0 Å². The minimum Gasteiger partial charge on any atom is -0.506 e. The number of fused-ring (bicyclic) bond motifs is 2. The number of phenols is 1. The van der Waals surface area contributed by atoms with Gasteiger partial charge in [-0.25, -0.2) is 0 Å². The fourth-order valence-corrected chi connectivity index (χ4v) is 7.24. The maximum absolute atomic E-state index is 10.4. The van der Waals surface area contributed by atoms with Crippen molar-refractivity contribution >= 4 is 85.3 Å². The molecule has 6 aromatic carbocycles. The number of aromatic hydroxyl groups is 1. The van der Waals surface area contributed by atoms with Gasteiger partial charge in [0.2, 0.25) is 0 Å². The van der Waals surface area contributed by atoms with Gasteiger partial charge in [-0.15, -0.1) is 0 Å². The number of halogens is 4. The van der Waals surface area contributed by atoms with Crippen LogP contribution in [0.15, 0.2) is 115 Å². The molecule has 0 bridgehead atoms. The molecule has 0 amide bonds. The van der Waals surface area contributed by atoms with Crippen molar-refractivity contribution < 1.29 is 9.84 Å². The van der Waals surface area contributed by atoms with Gasteiger partial charge in [0.1, 0.15) is 11.5 Å². The highest BCUT2D eigenvalue weighted by molar-refractivity contribution is 9.11. The molecule has 6 rings (SSSR count). The van der Waals surface area contributed by atoms with Crippen molar-refractivity contribution in [3.63, 3.8) is 0 Å². The van der Waals surface area contributed by atoms with E-state index >= 15 is 0 Å². The Bertz CT molecular complexity index is 1910. The summed E-state index contributed by atoms with van der Waals surface area (Å²) in [5.41, 5.74) is 7.10. The van der Waals surface area contributed by atoms with Gasteiger partial charge in [0.15, 0.2) is 0 Å². The quantitative estimate of drug-likeness (QED) is 0.188. The van der Waals surface area contributed by atoms with Crippen LogP contribution in [0, 0.1) is 13.8 Å². The van der Waals surface area contributed by atoms with E-state index in [1.165, 1.54) is 33.2 Å². The van der Waals surface area contributed by atoms with Crippen molar-refractivity contribution in [3.8, 4) is 11.5 Å². The van der Waals surface area contributed by atoms with E-state index in [-0.39, 0.29) is 0 Å². The monoisotopic (exact) mass is 822 g/mol. The van der Waals surface area contributed by atoms with Crippen molar-refractivity contribution in [1.29, 1.82) is 0 Å². The van der Waals surface area contributed by atoms with E-state index < -0.39 is 0 Å². The van der Waals surface area contributed by atoms with Gasteiger partial charge < -0.3 is 9.84 Å². The molecule has 0 unspecified atom stereocenters. The van der Waals surface area contributed by atoms with Crippen LogP contribution in [0.5, 0.6) is 11.5 Å². The highest BCUT2D eigenvalue weighted by atomic mass is 79.9. The summed E-state index contributed by atoms with van der Waals surface area (Å²) >= 11 is 14.3. The molecule has 0 atom stereocenters. The Morgan fingerprint density at radius 2 is 1.00 bits per heavy atom. The largest absolute Gasteiger partial charge is 0.506 e. The lowest BCUT2D eigenvalue weighted by Crippen LogP contribution is -1.96. The zero-order valence-electron chi connectivity index (χ0n) is 24.0. The van der Waals surface area contributed by atoms with E-state index in [1.54, 1.807) is 7.11 Å². The molecule has 0 aliphatic carbocycles. The molecule has 0 aliphatic rings. The van der Waals surface area contributed by atoms with E-state index in [2.05, 4.69) is 156 Å². The third-order valence-electron chi connectivity index (χ3n) is 7.40. The molecule has 0 saturated heterocycles. The summed E-state index contributed by atoms with van der Waals surface area (Å²) in [6.07, 6.45) is 1.57. The summed E-state index contributed by atoms with van der Waals surface area (Å²) in [4.78, 5) is 0. The molecule has 2 nitrogen and oxygen atoms in total. The highest BCUT2D eigenvalue weighted by Crippen LogP contribution is 2.39. The van der Waals surface area contributed by atoms with Crippen molar-refractivity contribution in [2.75, 3.05) is 7.11 Å². The van der Waals surface area contributed by atoms with Crippen molar-refractivity contribution in [1.82, 2.24) is 0 Å². The molecule has 0 heterocycles. The third kappa shape index (κ3) is 7.54. The molecule has 0 spiro atoms. The number of methoxy groups -OCH3 is 1. The molecular weight excluding hydrogens is 796 g/mol. The molecular formula is C37H30Br4O2. The van der Waals surface area contributed by atoms with Crippen LogP contribution in [-0.2, 0) is 12.8 Å². The maximum atomic E-state index is 10.4. The van der Waals surface area contributed by atoms with E-state index in [9.17, 15) is 5.11 Å². The lowest BCUT2D eigenvalue weighted by molar-refractivity contribution is 0.408. The van der Waals surface area contributed by atoms with E-state index in [1.807, 2.05) is 18.2 Å². The molecule has 43 heavy (non-hydrogen) atoms. The van der Waals surface area contributed by atoms with Crippen LogP contribution in [0.3, 0.4) is 0 Å². The maximum Gasteiger partial charge on any atom is 0.137 e. The second-order valence-corrected chi connectivity index (χ2v) is 14.1. The highest BCUT2D eigenvalue weighted by Gasteiger charge is 2.14. The standard InChI is InChI=1S/C19H16Br2O.C18H14Br2O/c1-12-3-5-13(6-4-12)9-15-10-14-11-16(20)7-8-17(14)18(21)19(15)22-2;1-11-2-4-12(5-3-11)8-14-9-13-10-15(19)6-7-16(13)17(20)18(14)21/h3-8,10-11H,9H2,1-2H3;2-7,9-10,21H,8H2,1H3. The van der Waals surface area contributed by atoms with E-state index in [4.69, 9.17) is 4.74 Å². The summed E-state index contributed by atoms with van der Waals surface area (Å²) in [5.74, 6) is 1.24. The Hall–Kier alpha value is -2.64. The number of rotatable bonds is 5. The van der Waals surface area contributed by atoms with Crippen LogP contribution in [0.4, 0.5) is 0 Å². The van der Waals surface area contributed by atoms with Crippen molar-refractivity contribution in [3.05, 3.63) is 148 Å². The SMILES string of the molecule is COc1c(Cc2ccc(C)cc2)cc2cc(Br)ccc2c1Br.Cc1ccc(Cc2cc3cc(Br)ccc3c(Br)c2O)cc1. The normalized spacial score (nSPS) is 11.0. The fourth-order valence-electron chi connectivity index (χ4n) is 5.09. The molecule has 0 radical (unpaired) electrons. The van der Waals surface area contributed by atoms with Gasteiger partial charge in [0.25, 0.3) is 0 Å². The predicted octanol–water partition coefficient (Wildman–Crippen LogP) is 12.2. The first kappa shape index (κ1) is 31.8. The molecule has 6 heteroatoms. The second-order valence-electron chi connectivity index (χ2n) is 10.6. The Morgan fingerprint density at radius 1 is 0.558 bits per heavy atom. The summed E-state index contributed by atoms with van der Waals surface area (Å²) in [7, 11) is 1.73. The van der Waals surface area contributed by atoms with Gasteiger partial charge in [-0.1, -0.05) is 104 Å². The van der Waals surface area contributed by atoms with Crippen LogP contribution >= 0.6 is 63.7 Å². The van der Waals surface area contributed by atoms with Gasteiger partial charge in [-0.2, -0.15) is 0 Å². The Balaban J connectivity index is 0.000000171. The Labute approximate surface area is 286 Å². The van der Waals surface area contributed by atoms with Gasteiger partial charge in [-0.05, 0) is 115 Å². The summed E-state index contributed by atoms with van der Waals surface area (Å²) < 4.78 is 9.54. The number of hydrogen-bond donors (Lipinski definition) is 1. The van der Waals surface area contributed by atoms with Crippen LogP contribution in [0.2, 0.25) is 0 Å². The molecule has 0 aromatic heterocycles. The summed E-state index contributed by atoms with van der Waals surface area (Å²) in [6.45, 7) is 4.18. The van der Waals surface area contributed by atoms with Crippen LogP contribution in [-0.4, -0.2) is 12.2 Å². The average molecular weight is 826 g/mol. The Kier molecular flexibility index (Phi) is 10.3. The summed E-state index contributed by atoms with van der Waals surface area (Å²) in [6, 6.07) is 33.6. The molecule has 0 fully saturated rings. The van der Waals surface area contributed by atoms with Crippen LogP contribution < -0.4 is 4.74 Å². The second kappa shape index (κ2) is 14.0. The predicted molar refractivity (Wildman–Crippen MR) is 195 cm³/mol. The van der Waals surface area contributed by atoms with Crippen LogP contribution in [0.1, 0.15) is 33.4 Å². The first-order valence-electron chi connectivity index (χ1n) is 13.8. The zero-order valence-corrected chi connectivity index (χ0v) is 30.4. The first-order chi connectivity index (χ1) is 20.6.